The molecule has 3 aliphatic heterocycles. The molecule has 8 nitrogen and oxygen atoms in total. The average Bonchev–Trinajstić information content (AvgIpc) is 3.51. The number of phenolic OH excluding ortho intramolecular Hbond substituents is 1. The number of benzene rings is 2. The molecular formula is C32H34F3N5O3. The predicted molar refractivity (Wildman–Crippen MR) is 158 cm³/mol. The van der Waals surface area contributed by atoms with E-state index in [0.717, 1.165) is 19.4 Å². The van der Waals surface area contributed by atoms with Gasteiger partial charge in [-0.1, -0.05) is 13.0 Å². The van der Waals surface area contributed by atoms with E-state index >= 15 is 4.39 Å². The number of anilines is 1. The lowest BCUT2D eigenvalue weighted by molar-refractivity contribution is 0.107. The van der Waals surface area contributed by atoms with Crippen LogP contribution in [-0.2, 0) is 6.42 Å². The highest BCUT2D eigenvalue weighted by Crippen LogP contribution is 2.44. The van der Waals surface area contributed by atoms with Gasteiger partial charge in [0.1, 0.15) is 46.8 Å². The van der Waals surface area contributed by atoms with Crippen molar-refractivity contribution in [2.75, 3.05) is 38.3 Å². The fraction of sp³-hybridized carbons (Fsp3) is 0.469. The molecule has 2 fully saturated rings. The maximum Gasteiger partial charge on any atom is 0.319 e. The van der Waals surface area contributed by atoms with E-state index in [1.165, 1.54) is 18.2 Å². The van der Waals surface area contributed by atoms with Gasteiger partial charge in [0.2, 0.25) is 5.88 Å². The highest BCUT2D eigenvalue weighted by molar-refractivity contribution is 6.03. The van der Waals surface area contributed by atoms with Gasteiger partial charge < -0.3 is 19.5 Å². The SMILES string of the molecule is CCc1c(F)ccc2cc(O)cc(-c3nc4c5c(nc(OC[C@@]67CCCN6C[C@H](F)C7)nc5c3F)N(C)C(C)CCO4)c12. The molecule has 0 aliphatic carbocycles. The number of hydrogen-bond acceptors (Lipinski definition) is 8. The number of ether oxygens (including phenoxy) is 2. The molecule has 3 atom stereocenters. The summed E-state index contributed by atoms with van der Waals surface area (Å²) in [4.78, 5) is 17.9. The van der Waals surface area contributed by atoms with Gasteiger partial charge in [0.15, 0.2) is 5.82 Å². The van der Waals surface area contributed by atoms with Crippen LogP contribution >= 0.6 is 0 Å². The fourth-order valence-corrected chi connectivity index (χ4v) is 7.11. The lowest BCUT2D eigenvalue weighted by atomic mass is 9.94. The van der Waals surface area contributed by atoms with Crippen molar-refractivity contribution in [3.8, 4) is 28.9 Å². The Bertz CT molecular complexity index is 1750. The van der Waals surface area contributed by atoms with Crippen molar-refractivity contribution in [1.82, 2.24) is 19.9 Å². The molecule has 226 valence electrons. The summed E-state index contributed by atoms with van der Waals surface area (Å²) in [5, 5.41) is 11.9. The molecule has 2 saturated heterocycles. The summed E-state index contributed by atoms with van der Waals surface area (Å²) in [6.45, 7) is 5.56. The molecule has 0 amide bonds. The molecule has 7 rings (SSSR count). The summed E-state index contributed by atoms with van der Waals surface area (Å²) in [5.74, 6) is -0.732. The quantitative estimate of drug-likeness (QED) is 0.304. The molecule has 0 spiro atoms. The number of nitrogens with zero attached hydrogens (tertiary/aromatic N) is 5. The van der Waals surface area contributed by atoms with E-state index in [4.69, 9.17) is 14.5 Å². The van der Waals surface area contributed by atoms with Crippen LogP contribution in [0.4, 0.5) is 19.0 Å². The molecule has 43 heavy (non-hydrogen) atoms. The maximum absolute atomic E-state index is 16.8. The van der Waals surface area contributed by atoms with Gasteiger partial charge in [-0.05, 0) is 67.3 Å². The Kier molecular flexibility index (Phi) is 6.76. The Hall–Kier alpha value is -3.86. The maximum atomic E-state index is 16.8. The molecule has 0 saturated carbocycles. The zero-order valence-electron chi connectivity index (χ0n) is 24.5. The van der Waals surface area contributed by atoms with Crippen molar-refractivity contribution in [3.63, 3.8) is 0 Å². The lowest BCUT2D eigenvalue weighted by Gasteiger charge is -2.32. The number of aryl methyl sites for hydroxylation is 1. The summed E-state index contributed by atoms with van der Waals surface area (Å²) in [6, 6.07) is 5.80. The molecule has 11 heteroatoms. The van der Waals surface area contributed by atoms with Crippen LogP contribution in [0.25, 0.3) is 32.9 Å². The molecule has 1 unspecified atom stereocenters. The largest absolute Gasteiger partial charge is 0.508 e. The molecule has 5 heterocycles. The summed E-state index contributed by atoms with van der Waals surface area (Å²) >= 11 is 0. The Morgan fingerprint density at radius 2 is 2.00 bits per heavy atom. The Morgan fingerprint density at radius 3 is 2.81 bits per heavy atom. The number of rotatable bonds is 5. The molecule has 0 bridgehead atoms. The van der Waals surface area contributed by atoms with Crippen molar-refractivity contribution in [1.29, 1.82) is 0 Å². The minimum absolute atomic E-state index is 0.0120. The minimum atomic E-state index is -0.914. The van der Waals surface area contributed by atoms with Crippen LogP contribution in [0.5, 0.6) is 17.6 Å². The number of hydrogen-bond donors (Lipinski definition) is 1. The van der Waals surface area contributed by atoms with Crippen LogP contribution in [0.15, 0.2) is 24.3 Å². The number of halogens is 3. The lowest BCUT2D eigenvalue weighted by Crippen LogP contribution is -2.43. The third-order valence-corrected chi connectivity index (χ3v) is 9.47. The number of alkyl halides is 1. The zero-order chi connectivity index (χ0) is 30.0. The first-order valence-electron chi connectivity index (χ1n) is 14.9. The van der Waals surface area contributed by atoms with E-state index in [0.29, 0.717) is 60.0 Å². The van der Waals surface area contributed by atoms with Gasteiger partial charge in [0, 0.05) is 38.0 Å². The first-order valence-corrected chi connectivity index (χ1v) is 14.9. The monoisotopic (exact) mass is 593 g/mol. The normalized spacial score (nSPS) is 23.8. The third-order valence-electron chi connectivity index (χ3n) is 9.47. The van der Waals surface area contributed by atoms with E-state index in [2.05, 4.69) is 14.9 Å². The van der Waals surface area contributed by atoms with E-state index < -0.39 is 23.3 Å². The highest BCUT2D eigenvalue weighted by Gasteiger charge is 2.49. The molecule has 2 aromatic heterocycles. The molecule has 1 N–H and O–H groups in total. The van der Waals surface area contributed by atoms with Crippen LogP contribution < -0.4 is 14.4 Å². The zero-order valence-corrected chi connectivity index (χ0v) is 24.5. The van der Waals surface area contributed by atoms with E-state index in [1.807, 2.05) is 25.8 Å². The van der Waals surface area contributed by atoms with Gasteiger partial charge in [-0.2, -0.15) is 9.97 Å². The van der Waals surface area contributed by atoms with Crippen molar-refractivity contribution < 1.29 is 27.8 Å². The fourth-order valence-electron chi connectivity index (χ4n) is 7.11. The van der Waals surface area contributed by atoms with Crippen molar-refractivity contribution in [3.05, 3.63) is 41.5 Å². The van der Waals surface area contributed by atoms with Crippen molar-refractivity contribution in [2.45, 2.75) is 63.7 Å². The standard InChI is InChI=1S/C32H34F3N5O3/c1-4-21-23(34)7-6-18-12-20(41)13-22(24(18)21)27-26(35)28-25-29(39(3)17(2)8-11-42-30(25)36-27)38-31(37-28)43-16-32-9-5-10-40(32)15-19(33)14-32/h6-7,12-13,17,19,41H,4-5,8-11,14-16H2,1-3H3/t17?,19-,32+/m1/s1. The van der Waals surface area contributed by atoms with Crippen LogP contribution in [-0.4, -0.2) is 76.1 Å². The number of phenols is 1. The number of pyridine rings is 1. The second-order valence-corrected chi connectivity index (χ2v) is 12.1. The van der Waals surface area contributed by atoms with Crippen LogP contribution in [0, 0.1) is 11.6 Å². The predicted octanol–water partition coefficient (Wildman–Crippen LogP) is 5.95. The van der Waals surface area contributed by atoms with Crippen LogP contribution in [0.1, 0.15) is 45.1 Å². The van der Waals surface area contributed by atoms with Crippen molar-refractivity contribution in [2.24, 2.45) is 0 Å². The van der Waals surface area contributed by atoms with Gasteiger partial charge in [0.25, 0.3) is 0 Å². The average molecular weight is 594 g/mol. The number of aromatic nitrogens is 3. The molecule has 3 aliphatic rings. The topological polar surface area (TPSA) is 83.8 Å². The Morgan fingerprint density at radius 1 is 1.16 bits per heavy atom. The summed E-state index contributed by atoms with van der Waals surface area (Å²) in [5.41, 5.74) is 0.0217. The number of aromatic hydroxyl groups is 1. The molecule has 0 radical (unpaired) electrons. The second kappa shape index (κ2) is 10.4. The van der Waals surface area contributed by atoms with Gasteiger partial charge >= 0.3 is 6.01 Å². The first-order chi connectivity index (χ1) is 20.7. The third kappa shape index (κ3) is 4.51. The number of fused-ring (bicyclic) bond motifs is 2. The van der Waals surface area contributed by atoms with Gasteiger partial charge in [-0.25, -0.2) is 18.2 Å². The summed E-state index contributed by atoms with van der Waals surface area (Å²) in [7, 11) is 1.87. The van der Waals surface area contributed by atoms with E-state index in [1.54, 1.807) is 6.07 Å². The minimum Gasteiger partial charge on any atom is -0.508 e. The van der Waals surface area contributed by atoms with Gasteiger partial charge in [0.05, 0.1) is 12.1 Å². The van der Waals surface area contributed by atoms with E-state index in [9.17, 15) is 13.9 Å². The highest BCUT2D eigenvalue weighted by atomic mass is 19.1. The smallest absolute Gasteiger partial charge is 0.319 e. The van der Waals surface area contributed by atoms with Crippen molar-refractivity contribution >= 4 is 27.5 Å². The Balaban J connectivity index is 1.43. The first kappa shape index (κ1) is 27.9. The van der Waals surface area contributed by atoms with Crippen LogP contribution in [0.3, 0.4) is 0 Å². The summed E-state index contributed by atoms with van der Waals surface area (Å²) < 4.78 is 58.4. The van der Waals surface area contributed by atoms with E-state index in [-0.39, 0.29) is 47.1 Å². The second-order valence-electron chi connectivity index (χ2n) is 12.1. The summed E-state index contributed by atoms with van der Waals surface area (Å²) in [6.07, 6.45) is 2.25. The molecule has 2 aromatic carbocycles. The van der Waals surface area contributed by atoms with Crippen LogP contribution in [0.2, 0.25) is 0 Å². The molecule has 4 aromatic rings. The Labute approximate surface area is 247 Å². The van der Waals surface area contributed by atoms with Gasteiger partial charge in [-0.3, -0.25) is 4.90 Å². The molecular weight excluding hydrogens is 559 g/mol. The van der Waals surface area contributed by atoms with Gasteiger partial charge in [-0.15, -0.1) is 0 Å².